The van der Waals surface area contributed by atoms with Crippen LogP contribution in [0.4, 0.5) is 8.78 Å². The second kappa shape index (κ2) is 6.73. The van der Waals surface area contributed by atoms with Crippen molar-refractivity contribution in [2.24, 2.45) is 0 Å². The Hall–Kier alpha value is -1.17. The monoisotopic (exact) mass is 394 g/mol. The molecule has 0 saturated carbocycles. The zero-order valence-electron chi connectivity index (χ0n) is 10.3. The fourth-order valence-electron chi connectivity index (χ4n) is 1.55. The molecule has 0 aliphatic rings. The highest BCUT2D eigenvalue weighted by molar-refractivity contribution is 9.10. The highest BCUT2D eigenvalue weighted by Crippen LogP contribution is 2.34. The lowest BCUT2D eigenvalue weighted by molar-refractivity contribution is 0.0917. The van der Waals surface area contributed by atoms with E-state index in [2.05, 4.69) is 15.9 Å². The van der Waals surface area contributed by atoms with E-state index in [1.165, 1.54) is 12.1 Å². The zero-order valence-corrected chi connectivity index (χ0v) is 13.4. The van der Waals surface area contributed by atoms with E-state index < -0.39 is 24.0 Å². The Labute approximate surface area is 137 Å². The molecule has 0 unspecified atom stereocenters. The normalized spacial score (nSPS) is 10.5. The van der Waals surface area contributed by atoms with Crippen LogP contribution in [0.1, 0.15) is 10.4 Å². The molecule has 2 nitrogen and oxygen atoms in total. The molecule has 0 bridgehead atoms. The fourth-order valence-corrected chi connectivity index (χ4v) is 2.40. The summed E-state index contributed by atoms with van der Waals surface area (Å²) in [4.78, 5) is 11.8. The van der Waals surface area contributed by atoms with Crippen molar-refractivity contribution in [2.75, 3.05) is 6.61 Å². The van der Waals surface area contributed by atoms with Gasteiger partial charge in [0.1, 0.15) is 17.4 Å². The third-order valence-electron chi connectivity index (χ3n) is 2.57. The first kappa shape index (κ1) is 16.2. The Balaban J connectivity index is 2.13. The van der Waals surface area contributed by atoms with Gasteiger partial charge in [0.25, 0.3) is 0 Å². The van der Waals surface area contributed by atoms with Crippen LogP contribution in [-0.4, -0.2) is 12.4 Å². The van der Waals surface area contributed by atoms with Crippen LogP contribution in [0.25, 0.3) is 0 Å². The van der Waals surface area contributed by atoms with E-state index >= 15 is 0 Å². The fraction of sp³-hybridized carbons (Fsp3) is 0.0714. The molecular weight excluding hydrogens is 389 g/mol. The van der Waals surface area contributed by atoms with Crippen molar-refractivity contribution in [2.45, 2.75) is 0 Å². The summed E-state index contributed by atoms with van der Waals surface area (Å²) < 4.78 is 32.0. The van der Waals surface area contributed by atoms with Crippen LogP contribution in [0, 0.1) is 11.6 Å². The average Bonchev–Trinajstić information content (AvgIpc) is 2.41. The summed E-state index contributed by atoms with van der Waals surface area (Å²) >= 11 is 15.0. The van der Waals surface area contributed by atoms with Gasteiger partial charge in [0, 0.05) is 16.6 Å². The molecule has 0 heterocycles. The van der Waals surface area contributed by atoms with Crippen molar-refractivity contribution in [1.82, 2.24) is 0 Å². The van der Waals surface area contributed by atoms with Gasteiger partial charge in [0.15, 0.2) is 6.61 Å². The van der Waals surface area contributed by atoms with E-state index in [9.17, 15) is 13.6 Å². The quantitative estimate of drug-likeness (QED) is 0.519. The highest BCUT2D eigenvalue weighted by atomic mass is 79.9. The van der Waals surface area contributed by atoms with Crippen molar-refractivity contribution in [3.8, 4) is 5.75 Å². The summed E-state index contributed by atoms with van der Waals surface area (Å²) in [7, 11) is 0. The summed E-state index contributed by atoms with van der Waals surface area (Å²) in [5.74, 6) is -2.14. The molecule has 2 aromatic rings. The molecule has 0 atom stereocenters. The van der Waals surface area contributed by atoms with Gasteiger partial charge in [-0.15, -0.1) is 0 Å². The number of hydrogen-bond acceptors (Lipinski definition) is 2. The number of carbonyl (C=O) groups excluding carboxylic acids is 1. The molecule has 0 aliphatic carbocycles. The zero-order chi connectivity index (χ0) is 15.6. The van der Waals surface area contributed by atoms with Crippen molar-refractivity contribution < 1.29 is 18.3 Å². The van der Waals surface area contributed by atoms with Crippen molar-refractivity contribution in [3.05, 3.63) is 62.0 Å². The summed E-state index contributed by atoms with van der Waals surface area (Å²) in [6.45, 7) is -0.444. The number of benzene rings is 2. The smallest absolute Gasteiger partial charge is 0.203 e. The highest BCUT2D eigenvalue weighted by Gasteiger charge is 2.14. The second-order valence-corrected chi connectivity index (χ2v) is 5.70. The van der Waals surface area contributed by atoms with Gasteiger partial charge in [0.05, 0.1) is 15.6 Å². The van der Waals surface area contributed by atoms with Gasteiger partial charge in [0.2, 0.25) is 5.78 Å². The third-order valence-corrected chi connectivity index (χ3v) is 4.06. The number of Topliss-reactive ketones (excluding diaryl/α,β-unsaturated/α-hetero) is 1. The topological polar surface area (TPSA) is 26.3 Å². The molecular formula is C14H7BrCl2F2O2. The number of halogens is 5. The SMILES string of the molecule is O=C(COc1cc(Cl)c(Br)cc1Cl)c1ccc(F)cc1F. The molecule has 0 fully saturated rings. The summed E-state index contributed by atoms with van der Waals surface area (Å²) in [6.07, 6.45) is 0. The standard InChI is InChI=1S/C14H7BrCl2F2O2/c15-9-4-11(17)14(5-10(9)16)21-6-13(20)8-2-1-7(18)3-12(8)19/h1-5H,6H2. The Morgan fingerprint density at radius 1 is 1.14 bits per heavy atom. The molecule has 0 saturated heterocycles. The summed E-state index contributed by atoms with van der Waals surface area (Å²) in [6, 6.07) is 5.65. The van der Waals surface area contributed by atoms with Gasteiger partial charge in [-0.05, 0) is 34.1 Å². The maximum absolute atomic E-state index is 13.5. The van der Waals surface area contributed by atoms with Gasteiger partial charge < -0.3 is 4.74 Å². The van der Waals surface area contributed by atoms with E-state index in [4.69, 9.17) is 27.9 Å². The van der Waals surface area contributed by atoms with E-state index in [0.29, 0.717) is 15.6 Å². The van der Waals surface area contributed by atoms with Gasteiger partial charge in [-0.2, -0.15) is 0 Å². The molecule has 21 heavy (non-hydrogen) atoms. The first-order valence-electron chi connectivity index (χ1n) is 5.64. The van der Waals surface area contributed by atoms with Crippen LogP contribution in [-0.2, 0) is 0 Å². The summed E-state index contributed by atoms with van der Waals surface area (Å²) in [5, 5.41) is 0.605. The lowest BCUT2D eigenvalue weighted by Gasteiger charge is -2.09. The van der Waals surface area contributed by atoms with Crippen LogP contribution >= 0.6 is 39.1 Å². The van der Waals surface area contributed by atoms with Crippen LogP contribution < -0.4 is 4.74 Å². The molecule has 110 valence electrons. The van der Waals surface area contributed by atoms with E-state index in [-0.39, 0.29) is 16.3 Å². The molecule has 2 aromatic carbocycles. The Kier molecular flexibility index (Phi) is 5.19. The minimum absolute atomic E-state index is 0.195. The van der Waals surface area contributed by atoms with Gasteiger partial charge in [-0.3, -0.25) is 4.79 Å². The van der Waals surface area contributed by atoms with Crippen LogP contribution in [0.3, 0.4) is 0 Å². The molecule has 0 aromatic heterocycles. The lowest BCUT2D eigenvalue weighted by atomic mass is 10.1. The maximum Gasteiger partial charge on any atom is 0.203 e. The molecule has 0 aliphatic heterocycles. The lowest BCUT2D eigenvalue weighted by Crippen LogP contribution is -2.13. The number of ether oxygens (including phenoxy) is 1. The molecule has 7 heteroatoms. The number of hydrogen-bond donors (Lipinski definition) is 0. The Morgan fingerprint density at radius 2 is 1.86 bits per heavy atom. The van der Waals surface area contributed by atoms with E-state index in [1.54, 1.807) is 0 Å². The first-order chi connectivity index (χ1) is 9.88. The van der Waals surface area contributed by atoms with E-state index in [0.717, 1.165) is 12.1 Å². The first-order valence-corrected chi connectivity index (χ1v) is 7.19. The van der Waals surface area contributed by atoms with E-state index in [1.807, 2.05) is 0 Å². The largest absolute Gasteiger partial charge is 0.484 e. The van der Waals surface area contributed by atoms with Gasteiger partial charge in [-0.1, -0.05) is 23.2 Å². The summed E-state index contributed by atoms with van der Waals surface area (Å²) in [5.41, 5.74) is -0.254. The van der Waals surface area contributed by atoms with Gasteiger partial charge in [-0.25, -0.2) is 8.78 Å². The molecule has 0 spiro atoms. The molecule has 0 amide bonds. The maximum atomic E-state index is 13.5. The number of carbonyl (C=O) groups is 1. The number of rotatable bonds is 4. The molecule has 0 N–H and O–H groups in total. The minimum atomic E-state index is -0.941. The minimum Gasteiger partial charge on any atom is -0.484 e. The third kappa shape index (κ3) is 3.93. The molecule has 0 radical (unpaired) electrons. The van der Waals surface area contributed by atoms with Crippen LogP contribution in [0.2, 0.25) is 10.0 Å². The van der Waals surface area contributed by atoms with Gasteiger partial charge >= 0.3 is 0 Å². The predicted octanol–water partition coefficient (Wildman–Crippen LogP) is 5.30. The Bertz CT molecular complexity index is 708. The predicted molar refractivity (Wildman–Crippen MR) is 80.3 cm³/mol. The van der Waals surface area contributed by atoms with Crippen molar-refractivity contribution in [3.63, 3.8) is 0 Å². The van der Waals surface area contributed by atoms with Crippen molar-refractivity contribution >= 4 is 44.9 Å². The van der Waals surface area contributed by atoms with Crippen LogP contribution in [0.15, 0.2) is 34.8 Å². The average molecular weight is 396 g/mol. The van der Waals surface area contributed by atoms with Crippen LogP contribution in [0.5, 0.6) is 5.75 Å². The Morgan fingerprint density at radius 3 is 2.52 bits per heavy atom. The van der Waals surface area contributed by atoms with Crippen molar-refractivity contribution in [1.29, 1.82) is 0 Å². The number of ketones is 1. The second-order valence-electron chi connectivity index (χ2n) is 4.03. The molecule has 2 rings (SSSR count).